The van der Waals surface area contributed by atoms with E-state index in [4.69, 9.17) is 4.74 Å². The Morgan fingerprint density at radius 1 is 1.47 bits per heavy atom. The summed E-state index contributed by atoms with van der Waals surface area (Å²) in [5.74, 6) is 0.350. The Morgan fingerprint density at radius 3 is 2.74 bits per heavy atom. The number of carbonyl (C=O) groups excluding carboxylic acids is 2. The fourth-order valence-electron chi connectivity index (χ4n) is 1.92. The fourth-order valence-corrected chi connectivity index (χ4v) is 2.76. The molecule has 0 radical (unpaired) electrons. The van der Waals surface area contributed by atoms with Gasteiger partial charge in [-0.3, -0.25) is 14.9 Å². The quantitative estimate of drug-likeness (QED) is 0.877. The summed E-state index contributed by atoms with van der Waals surface area (Å²) in [4.78, 5) is 22.6. The van der Waals surface area contributed by atoms with Crippen molar-refractivity contribution < 1.29 is 19.4 Å². The maximum absolute atomic E-state index is 11.5. The third-order valence-electron chi connectivity index (χ3n) is 2.97. The van der Waals surface area contributed by atoms with Crippen LogP contribution in [0.4, 0.5) is 4.79 Å². The highest BCUT2D eigenvalue weighted by Crippen LogP contribution is 2.29. The number of thioether (sulfide) groups is 1. The van der Waals surface area contributed by atoms with Gasteiger partial charge in [0, 0.05) is 0 Å². The molecule has 1 heterocycles. The van der Waals surface area contributed by atoms with E-state index in [1.807, 2.05) is 6.07 Å². The van der Waals surface area contributed by atoms with Crippen LogP contribution in [0, 0.1) is 0 Å². The van der Waals surface area contributed by atoms with Gasteiger partial charge in [-0.2, -0.15) is 0 Å². The molecule has 0 bridgehead atoms. The number of benzene rings is 1. The molecule has 2 rings (SSSR count). The van der Waals surface area contributed by atoms with Gasteiger partial charge in [-0.25, -0.2) is 0 Å². The van der Waals surface area contributed by atoms with E-state index < -0.39 is 11.4 Å². The number of amides is 2. The molecule has 2 N–H and O–H groups in total. The SMILES string of the molecule is COc1cc(C(C)O)ccc1CC1SC(=O)NC1=O. The first kappa shape index (κ1) is 13.9. The lowest BCUT2D eigenvalue weighted by Gasteiger charge is -2.13. The van der Waals surface area contributed by atoms with Gasteiger partial charge in [0.1, 0.15) is 5.75 Å². The molecule has 5 nitrogen and oxygen atoms in total. The standard InChI is InChI=1S/C13H15NO4S/c1-7(15)8-3-4-9(10(5-8)18-2)6-11-12(16)14-13(17)19-11/h3-5,7,11,15H,6H2,1-2H3,(H,14,16,17). The minimum atomic E-state index is -0.575. The molecule has 0 spiro atoms. The van der Waals surface area contributed by atoms with E-state index in [1.165, 1.54) is 7.11 Å². The second-order valence-corrected chi connectivity index (χ2v) is 5.51. The van der Waals surface area contributed by atoms with Gasteiger partial charge in [0.25, 0.3) is 5.24 Å². The lowest BCUT2D eigenvalue weighted by molar-refractivity contribution is -0.118. The number of aliphatic hydroxyl groups excluding tert-OH is 1. The average Bonchev–Trinajstić information content (AvgIpc) is 2.68. The van der Waals surface area contributed by atoms with Crippen molar-refractivity contribution in [1.29, 1.82) is 0 Å². The van der Waals surface area contributed by atoms with Crippen LogP contribution >= 0.6 is 11.8 Å². The van der Waals surface area contributed by atoms with E-state index in [-0.39, 0.29) is 11.1 Å². The minimum absolute atomic E-state index is 0.267. The Hall–Kier alpha value is -1.53. The van der Waals surface area contributed by atoms with Crippen LogP contribution in [-0.4, -0.2) is 28.6 Å². The molecule has 6 heteroatoms. The number of rotatable bonds is 4. The highest BCUT2D eigenvalue weighted by atomic mass is 32.2. The lowest BCUT2D eigenvalue weighted by Crippen LogP contribution is -2.25. The van der Waals surface area contributed by atoms with Gasteiger partial charge >= 0.3 is 0 Å². The molecule has 1 fully saturated rings. The van der Waals surface area contributed by atoms with E-state index in [0.717, 1.165) is 22.9 Å². The molecular formula is C13H15NO4S. The van der Waals surface area contributed by atoms with Crippen LogP contribution in [0.5, 0.6) is 5.75 Å². The first-order valence-corrected chi connectivity index (χ1v) is 6.75. The molecule has 0 aromatic heterocycles. The molecular weight excluding hydrogens is 266 g/mol. The van der Waals surface area contributed by atoms with Crippen molar-refractivity contribution in [2.75, 3.05) is 7.11 Å². The Balaban J connectivity index is 2.20. The summed E-state index contributed by atoms with van der Waals surface area (Å²) in [6.07, 6.45) is -0.153. The molecule has 0 saturated carbocycles. The summed E-state index contributed by atoms with van der Waals surface area (Å²) in [5.41, 5.74) is 1.59. The number of methoxy groups -OCH3 is 1. The number of imide groups is 1. The third-order valence-corrected chi connectivity index (χ3v) is 3.95. The third kappa shape index (κ3) is 3.08. The largest absolute Gasteiger partial charge is 0.496 e. The zero-order valence-electron chi connectivity index (χ0n) is 10.7. The summed E-state index contributed by atoms with van der Waals surface area (Å²) in [6, 6.07) is 5.36. The van der Waals surface area contributed by atoms with Crippen LogP contribution in [-0.2, 0) is 11.2 Å². The molecule has 1 aromatic rings. The van der Waals surface area contributed by atoms with Gasteiger partial charge in [0.15, 0.2) is 0 Å². The predicted octanol–water partition coefficient (Wildman–Crippen LogP) is 1.64. The highest BCUT2D eigenvalue weighted by molar-refractivity contribution is 8.15. The molecule has 2 amide bonds. The zero-order valence-corrected chi connectivity index (χ0v) is 11.5. The van der Waals surface area contributed by atoms with E-state index >= 15 is 0 Å². The summed E-state index contributed by atoms with van der Waals surface area (Å²) in [7, 11) is 1.54. The molecule has 102 valence electrons. The average molecular weight is 281 g/mol. The maximum atomic E-state index is 11.5. The molecule has 0 aliphatic carbocycles. The van der Waals surface area contributed by atoms with E-state index in [0.29, 0.717) is 12.2 Å². The smallest absolute Gasteiger partial charge is 0.286 e. The van der Waals surface area contributed by atoms with Crippen LogP contribution < -0.4 is 10.1 Å². The summed E-state index contributed by atoms with van der Waals surface area (Å²) in [6.45, 7) is 1.67. The number of hydrogen-bond acceptors (Lipinski definition) is 5. The molecule has 2 atom stereocenters. The molecule has 1 saturated heterocycles. The first-order valence-electron chi connectivity index (χ1n) is 5.87. The van der Waals surface area contributed by atoms with E-state index in [2.05, 4.69) is 5.32 Å². The van der Waals surface area contributed by atoms with E-state index in [9.17, 15) is 14.7 Å². The Labute approximate surface area is 115 Å². The number of nitrogens with one attached hydrogen (secondary N) is 1. The minimum Gasteiger partial charge on any atom is -0.496 e. The van der Waals surface area contributed by atoms with Crippen molar-refractivity contribution >= 4 is 22.9 Å². The Morgan fingerprint density at radius 2 is 2.21 bits per heavy atom. The van der Waals surface area contributed by atoms with Crippen molar-refractivity contribution in [3.8, 4) is 5.75 Å². The van der Waals surface area contributed by atoms with Crippen LogP contribution in [0.2, 0.25) is 0 Å². The number of aliphatic hydroxyl groups is 1. The highest BCUT2D eigenvalue weighted by Gasteiger charge is 2.32. The summed E-state index contributed by atoms with van der Waals surface area (Å²) < 4.78 is 5.27. The van der Waals surface area contributed by atoms with Crippen molar-refractivity contribution in [3.63, 3.8) is 0 Å². The first-order chi connectivity index (χ1) is 9.01. The molecule has 19 heavy (non-hydrogen) atoms. The maximum Gasteiger partial charge on any atom is 0.286 e. The molecule has 2 unspecified atom stereocenters. The topological polar surface area (TPSA) is 75.6 Å². The number of ether oxygens (including phenoxy) is 1. The second kappa shape index (κ2) is 5.63. The number of carbonyl (C=O) groups is 2. The van der Waals surface area contributed by atoms with Crippen LogP contribution in [0.1, 0.15) is 24.2 Å². The fraction of sp³-hybridized carbons (Fsp3) is 0.385. The van der Waals surface area contributed by atoms with Gasteiger partial charge in [0.05, 0.1) is 18.5 Å². The van der Waals surface area contributed by atoms with Crippen LogP contribution in [0.15, 0.2) is 18.2 Å². The number of hydrogen-bond donors (Lipinski definition) is 2. The molecule has 1 aromatic carbocycles. The van der Waals surface area contributed by atoms with Gasteiger partial charge in [0.2, 0.25) is 5.91 Å². The monoisotopic (exact) mass is 281 g/mol. The van der Waals surface area contributed by atoms with Gasteiger partial charge in [-0.05, 0) is 30.5 Å². The Kier molecular flexibility index (Phi) is 4.11. The van der Waals surface area contributed by atoms with Gasteiger partial charge in [-0.1, -0.05) is 23.9 Å². The second-order valence-electron chi connectivity index (χ2n) is 4.33. The zero-order chi connectivity index (χ0) is 14.0. The van der Waals surface area contributed by atoms with Crippen molar-refractivity contribution in [2.24, 2.45) is 0 Å². The predicted molar refractivity (Wildman–Crippen MR) is 72.2 cm³/mol. The van der Waals surface area contributed by atoms with Gasteiger partial charge in [-0.15, -0.1) is 0 Å². The van der Waals surface area contributed by atoms with Crippen LogP contribution in [0.3, 0.4) is 0 Å². The van der Waals surface area contributed by atoms with Crippen molar-refractivity contribution in [2.45, 2.75) is 24.7 Å². The van der Waals surface area contributed by atoms with Crippen molar-refractivity contribution in [3.05, 3.63) is 29.3 Å². The van der Waals surface area contributed by atoms with Crippen LogP contribution in [0.25, 0.3) is 0 Å². The Bertz CT molecular complexity index is 515. The molecule has 1 aliphatic heterocycles. The molecule has 1 aliphatic rings. The summed E-state index contributed by atoms with van der Waals surface area (Å²) >= 11 is 0.994. The lowest BCUT2D eigenvalue weighted by atomic mass is 10.0. The summed E-state index contributed by atoms with van der Waals surface area (Å²) in [5, 5.41) is 11.1. The van der Waals surface area contributed by atoms with E-state index in [1.54, 1.807) is 19.1 Å². The normalized spacial score (nSPS) is 20.3. The van der Waals surface area contributed by atoms with Gasteiger partial charge < -0.3 is 9.84 Å². The van der Waals surface area contributed by atoms with Crippen molar-refractivity contribution in [1.82, 2.24) is 5.32 Å².